The summed E-state index contributed by atoms with van der Waals surface area (Å²) in [6.45, 7) is 1.81. The van der Waals surface area contributed by atoms with E-state index in [4.69, 9.17) is 0 Å². The van der Waals surface area contributed by atoms with Crippen LogP contribution in [-0.2, 0) is 4.74 Å². The summed E-state index contributed by atoms with van der Waals surface area (Å²) in [5, 5.41) is 6.79. The first-order chi connectivity index (χ1) is 7.10. The third-order valence-corrected chi connectivity index (χ3v) is 2.89. The van der Waals surface area contributed by atoms with Crippen LogP contribution in [-0.4, -0.2) is 26.2 Å². The summed E-state index contributed by atoms with van der Waals surface area (Å²) in [5.74, 6) is -0.445. The molecule has 6 heteroatoms. The van der Waals surface area contributed by atoms with Gasteiger partial charge in [0, 0.05) is 7.05 Å². The van der Waals surface area contributed by atoms with Crippen LogP contribution in [0.5, 0.6) is 0 Å². The van der Waals surface area contributed by atoms with E-state index in [1.165, 1.54) is 25.5 Å². The van der Waals surface area contributed by atoms with Crippen molar-refractivity contribution in [1.82, 2.24) is 5.32 Å². The maximum absolute atomic E-state index is 11.3. The summed E-state index contributed by atoms with van der Waals surface area (Å²) >= 11 is 1.24. The maximum Gasteiger partial charge on any atom is 0.350 e. The molecule has 2 N–H and O–H groups in total. The molecule has 1 aromatic heterocycles. The molecular formula is C9H12N2O3S. The number of urea groups is 1. The lowest BCUT2D eigenvalue weighted by Gasteiger charge is -2.05. The van der Waals surface area contributed by atoms with E-state index in [9.17, 15) is 9.59 Å². The van der Waals surface area contributed by atoms with Gasteiger partial charge in [0.25, 0.3) is 0 Å². The van der Waals surface area contributed by atoms with Crippen LogP contribution in [0.4, 0.5) is 10.5 Å². The topological polar surface area (TPSA) is 67.4 Å². The molecule has 0 aliphatic heterocycles. The second-order valence-electron chi connectivity index (χ2n) is 2.82. The van der Waals surface area contributed by atoms with Crippen molar-refractivity contribution < 1.29 is 14.3 Å². The second kappa shape index (κ2) is 4.79. The standard InChI is InChI=1S/C9H12N2O3S/c1-5-4-15-7(8(12)14-3)6(5)11-9(13)10-2/h4H,1-3H3,(H2,10,11,13). The van der Waals surface area contributed by atoms with Crippen LogP contribution in [0.25, 0.3) is 0 Å². The minimum absolute atomic E-state index is 0.360. The fourth-order valence-corrected chi connectivity index (χ4v) is 1.94. The summed E-state index contributed by atoms with van der Waals surface area (Å²) in [6.07, 6.45) is 0. The van der Waals surface area contributed by atoms with E-state index in [0.29, 0.717) is 10.6 Å². The first-order valence-corrected chi connectivity index (χ1v) is 5.13. The van der Waals surface area contributed by atoms with E-state index >= 15 is 0 Å². The van der Waals surface area contributed by atoms with Gasteiger partial charge in [0.15, 0.2) is 0 Å². The molecule has 0 aromatic carbocycles. The van der Waals surface area contributed by atoms with Crippen LogP contribution >= 0.6 is 11.3 Å². The largest absolute Gasteiger partial charge is 0.465 e. The van der Waals surface area contributed by atoms with Crippen molar-refractivity contribution in [2.24, 2.45) is 0 Å². The van der Waals surface area contributed by atoms with E-state index < -0.39 is 5.97 Å². The molecule has 0 spiro atoms. The summed E-state index contributed by atoms with van der Waals surface area (Å²) in [6, 6.07) is -0.360. The Morgan fingerprint density at radius 3 is 2.67 bits per heavy atom. The summed E-state index contributed by atoms with van der Waals surface area (Å²) in [4.78, 5) is 22.9. The molecule has 0 aliphatic carbocycles. The van der Waals surface area contributed by atoms with Crippen LogP contribution in [0.2, 0.25) is 0 Å². The number of ether oxygens (including phenoxy) is 1. The van der Waals surface area contributed by atoms with E-state index in [1.54, 1.807) is 5.38 Å². The molecule has 1 aromatic rings. The Labute approximate surface area is 91.4 Å². The fraction of sp³-hybridized carbons (Fsp3) is 0.333. The lowest BCUT2D eigenvalue weighted by molar-refractivity contribution is 0.0607. The van der Waals surface area contributed by atoms with Gasteiger partial charge < -0.3 is 15.4 Å². The molecule has 0 bridgehead atoms. The first-order valence-electron chi connectivity index (χ1n) is 4.25. The number of anilines is 1. The van der Waals surface area contributed by atoms with E-state index in [-0.39, 0.29) is 6.03 Å². The SMILES string of the molecule is CNC(=O)Nc1c(C)csc1C(=O)OC. The molecule has 0 saturated heterocycles. The zero-order valence-corrected chi connectivity index (χ0v) is 9.53. The number of aryl methyl sites for hydroxylation is 1. The highest BCUT2D eigenvalue weighted by Crippen LogP contribution is 2.28. The van der Waals surface area contributed by atoms with E-state index in [2.05, 4.69) is 15.4 Å². The highest BCUT2D eigenvalue weighted by atomic mass is 32.1. The number of carbonyl (C=O) groups excluding carboxylic acids is 2. The van der Waals surface area contributed by atoms with Crippen LogP contribution in [0, 0.1) is 6.92 Å². The van der Waals surface area contributed by atoms with Gasteiger partial charge in [-0.3, -0.25) is 0 Å². The van der Waals surface area contributed by atoms with Gasteiger partial charge in [-0.15, -0.1) is 11.3 Å². The molecule has 0 atom stereocenters. The monoisotopic (exact) mass is 228 g/mol. The number of hydrogen-bond acceptors (Lipinski definition) is 4. The molecule has 1 heterocycles. The van der Waals surface area contributed by atoms with Crippen LogP contribution in [0.15, 0.2) is 5.38 Å². The molecule has 0 aliphatic rings. The molecular weight excluding hydrogens is 216 g/mol. The Balaban J connectivity index is 2.99. The van der Waals surface area contributed by atoms with Crippen molar-refractivity contribution in [2.75, 3.05) is 19.5 Å². The Morgan fingerprint density at radius 2 is 2.13 bits per heavy atom. The summed E-state index contributed by atoms with van der Waals surface area (Å²) in [5.41, 5.74) is 1.34. The van der Waals surface area contributed by atoms with Gasteiger partial charge in [0.05, 0.1) is 12.8 Å². The second-order valence-corrected chi connectivity index (χ2v) is 3.70. The lowest BCUT2D eigenvalue weighted by atomic mass is 10.2. The number of hydrogen-bond donors (Lipinski definition) is 2. The number of carbonyl (C=O) groups is 2. The van der Waals surface area contributed by atoms with E-state index in [1.807, 2.05) is 6.92 Å². The molecule has 0 unspecified atom stereocenters. The number of methoxy groups -OCH3 is 1. The van der Waals surface area contributed by atoms with Gasteiger partial charge in [-0.2, -0.15) is 0 Å². The molecule has 0 saturated carbocycles. The maximum atomic E-state index is 11.3. The number of thiophene rings is 1. The highest BCUT2D eigenvalue weighted by molar-refractivity contribution is 7.12. The predicted octanol–water partition coefficient (Wildman–Crippen LogP) is 1.59. The molecule has 2 amide bonds. The zero-order valence-electron chi connectivity index (χ0n) is 8.71. The van der Waals surface area contributed by atoms with Crippen molar-refractivity contribution in [1.29, 1.82) is 0 Å². The first kappa shape index (κ1) is 11.5. The summed E-state index contributed by atoms with van der Waals surface area (Å²) < 4.78 is 4.61. The fourth-order valence-electron chi connectivity index (χ4n) is 1.02. The van der Waals surface area contributed by atoms with Gasteiger partial charge >= 0.3 is 12.0 Å². The van der Waals surface area contributed by atoms with Crippen LogP contribution in [0.3, 0.4) is 0 Å². The Morgan fingerprint density at radius 1 is 1.47 bits per heavy atom. The van der Waals surface area contributed by atoms with Crippen molar-refractivity contribution >= 4 is 29.0 Å². The van der Waals surface area contributed by atoms with Gasteiger partial charge in [-0.05, 0) is 17.9 Å². The molecule has 1 rings (SSSR count). The van der Waals surface area contributed by atoms with Crippen LogP contribution < -0.4 is 10.6 Å². The smallest absolute Gasteiger partial charge is 0.350 e. The average Bonchev–Trinajstić information content (AvgIpc) is 2.59. The average molecular weight is 228 g/mol. The number of amides is 2. The predicted molar refractivity (Wildman–Crippen MR) is 58.5 cm³/mol. The molecule has 5 nitrogen and oxygen atoms in total. The van der Waals surface area contributed by atoms with Gasteiger partial charge in [0.1, 0.15) is 4.88 Å². The lowest BCUT2D eigenvalue weighted by Crippen LogP contribution is -2.25. The van der Waals surface area contributed by atoms with Crippen molar-refractivity contribution in [3.63, 3.8) is 0 Å². The summed E-state index contributed by atoms with van der Waals surface area (Å²) in [7, 11) is 2.82. The third-order valence-electron chi connectivity index (χ3n) is 1.81. The van der Waals surface area contributed by atoms with Gasteiger partial charge in [-0.25, -0.2) is 9.59 Å². The van der Waals surface area contributed by atoms with Gasteiger partial charge in [-0.1, -0.05) is 0 Å². The number of rotatable bonds is 2. The number of esters is 1. The minimum Gasteiger partial charge on any atom is -0.465 e. The Hall–Kier alpha value is -1.56. The number of nitrogens with one attached hydrogen (secondary N) is 2. The van der Waals surface area contributed by atoms with E-state index in [0.717, 1.165) is 5.56 Å². The quantitative estimate of drug-likeness (QED) is 0.755. The van der Waals surface area contributed by atoms with Crippen molar-refractivity contribution in [2.45, 2.75) is 6.92 Å². The molecule has 15 heavy (non-hydrogen) atoms. The third kappa shape index (κ3) is 2.47. The van der Waals surface area contributed by atoms with Gasteiger partial charge in [0.2, 0.25) is 0 Å². The van der Waals surface area contributed by atoms with Crippen molar-refractivity contribution in [3.05, 3.63) is 15.8 Å². The molecule has 0 radical (unpaired) electrons. The zero-order chi connectivity index (χ0) is 11.4. The minimum atomic E-state index is -0.445. The Bertz CT molecular complexity index is 387. The van der Waals surface area contributed by atoms with Crippen LogP contribution in [0.1, 0.15) is 15.2 Å². The molecule has 82 valence electrons. The highest BCUT2D eigenvalue weighted by Gasteiger charge is 2.17. The normalized spacial score (nSPS) is 9.53. The Kier molecular flexibility index (Phi) is 3.68. The molecule has 0 fully saturated rings. The van der Waals surface area contributed by atoms with Crippen molar-refractivity contribution in [3.8, 4) is 0 Å².